The number of aliphatic carboxylic acids is 1. The van der Waals surface area contributed by atoms with Gasteiger partial charge in [0.15, 0.2) is 0 Å². The Kier molecular flexibility index (Phi) is 6.25. The fourth-order valence-electron chi connectivity index (χ4n) is 2.36. The first-order valence-electron chi connectivity index (χ1n) is 6.72. The lowest BCUT2D eigenvalue weighted by atomic mass is 10.1. The number of carbonyl (C=O) groups is 2. The molecule has 1 saturated heterocycles. The fourth-order valence-corrected chi connectivity index (χ4v) is 2.36. The van der Waals surface area contributed by atoms with Crippen LogP contribution in [0.15, 0.2) is 0 Å². The van der Waals surface area contributed by atoms with Crippen LogP contribution in [0.5, 0.6) is 0 Å². The molecule has 0 aliphatic carbocycles. The fraction of sp³-hybridized carbons (Fsp3) is 0.833. The van der Waals surface area contributed by atoms with Gasteiger partial charge in [-0.25, -0.2) is 9.59 Å². The van der Waals surface area contributed by atoms with Crippen LogP contribution in [0.3, 0.4) is 0 Å². The average molecular weight is 312 g/mol. The molecule has 0 radical (unpaired) electrons. The lowest BCUT2D eigenvalue weighted by molar-refractivity contribution is -0.145. The van der Waals surface area contributed by atoms with Gasteiger partial charge in [0.1, 0.15) is 12.6 Å². The van der Waals surface area contributed by atoms with Gasteiger partial charge in [0.25, 0.3) is 0 Å². The van der Waals surface area contributed by atoms with Crippen molar-refractivity contribution in [2.24, 2.45) is 0 Å². The van der Waals surface area contributed by atoms with E-state index in [1.807, 2.05) is 0 Å². The van der Waals surface area contributed by atoms with Crippen molar-refractivity contribution in [3.8, 4) is 0 Å². The molecule has 2 amide bonds. The molecule has 2 N–H and O–H groups in total. The zero-order valence-electron chi connectivity index (χ0n) is 11.5. The largest absolute Gasteiger partial charge is 0.480 e. The van der Waals surface area contributed by atoms with Crippen LogP contribution in [-0.4, -0.2) is 70.5 Å². The number of aliphatic hydroxyl groups is 1. The molecule has 1 aliphatic heterocycles. The maximum absolute atomic E-state index is 12.5. The SMILES string of the molecule is O=C(O)C1CCCCCN1C(=O)N(CCO)CC(F)(F)F. The monoisotopic (exact) mass is 312 g/mol. The van der Waals surface area contributed by atoms with Crippen LogP contribution in [0.2, 0.25) is 0 Å². The lowest BCUT2D eigenvalue weighted by Gasteiger charge is -2.33. The third-order valence-electron chi connectivity index (χ3n) is 3.29. The van der Waals surface area contributed by atoms with Crippen LogP contribution in [-0.2, 0) is 4.79 Å². The Morgan fingerprint density at radius 2 is 1.90 bits per heavy atom. The number of hydrogen-bond acceptors (Lipinski definition) is 3. The van der Waals surface area contributed by atoms with E-state index in [1.54, 1.807) is 0 Å². The number of carbonyl (C=O) groups excluding carboxylic acids is 1. The van der Waals surface area contributed by atoms with Gasteiger partial charge in [-0.05, 0) is 12.8 Å². The van der Waals surface area contributed by atoms with Crippen molar-refractivity contribution >= 4 is 12.0 Å². The van der Waals surface area contributed by atoms with Gasteiger partial charge in [-0.2, -0.15) is 13.2 Å². The smallest absolute Gasteiger partial charge is 0.406 e. The Morgan fingerprint density at radius 1 is 1.24 bits per heavy atom. The van der Waals surface area contributed by atoms with E-state index >= 15 is 0 Å². The summed E-state index contributed by atoms with van der Waals surface area (Å²) in [5, 5.41) is 18.0. The van der Waals surface area contributed by atoms with Gasteiger partial charge in [-0.3, -0.25) is 0 Å². The van der Waals surface area contributed by atoms with Gasteiger partial charge in [-0.1, -0.05) is 12.8 Å². The molecular weight excluding hydrogens is 293 g/mol. The Morgan fingerprint density at radius 3 is 2.43 bits per heavy atom. The first kappa shape index (κ1) is 17.5. The number of urea groups is 1. The van der Waals surface area contributed by atoms with Gasteiger partial charge >= 0.3 is 18.2 Å². The summed E-state index contributed by atoms with van der Waals surface area (Å²) in [6, 6.07) is -2.11. The molecule has 0 aromatic rings. The summed E-state index contributed by atoms with van der Waals surface area (Å²) in [6.07, 6.45) is -2.49. The molecule has 1 fully saturated rings. The zero-order chi connectivity index (χ0) is 16.0. The second kappa shape index (κ2) is 7.48. The minimum Gasteiger partial charge on any atom is -0.480 e. The van der Waals surface area contributed by atoms with Crippen molar-refractivity contribution < 1.29 is 33.0 Å². The Labute approximate surface area is 120 Å². The second-order valence-corrected chi connectivity index (χ2v) is 4.94. The third kappa shape index (κ3) is 5.41. The van der Waals surface area contributed by atoms with Crippen LogP contribution in [0, 0.1) is 0 Å². The van der Waals surface area contributed by atoms with Crippen molar-refractivity contribution in [1.29, 1.82) is 0 Å². The Balaban J connectivity index is 2.89. The van der Waals surface area contributed by atoms with Gasteiger partial charge in [0, 0.05) is 13.1 Å². The quantitative estimate of drug-likeness (QED) is 0.820. The summed E-state index contributed by atoms with van der Waals surface area (Å²) in [5.41, 5.74) is 0. The highest BCUT2D eigenvalue weighted by Crippen LogP contribution is 2.21. The summed E-state index contributed by atoms with van der Waals surface area (Å²) in [6.45, 7) is -2.50. The maximum Gasteiger partial charge on any atom is 0.406 e. The lowest BCUT2D eigenvalue weighted by Crippen LogP contribution is -2.53. The minimum atomic E-state index is -4.60. The summed E-state index contributed by atoms with van der Waals surface area (Å²) in [7, 11) is 0. The highest BCUT2D eigenvalue weighted by atomic mass is 19.4. The molecule has 1 aliphatic rings. The van der Waals surface area contributed by atoms with Crippen molar-refractivity contribution in [3.63, 3.8) is 0 Å². The molecule has 0 saturated carbocycles. The Bertz CT molecular complexity index is 376. The van der Waals surface area contributed by atoms with Crippen molar-refractivity contribution in [3.05, 3.63) is 0 Å². The predicted octanol–water partition coefficient (Wildman–Crippen LogP) is 1.29. The normalized spacial score (nSPS) is 20.0. The van der Waals surface area contributed by atoms with Gasteiger partial charge in [-0.15, -0.1) is 0 Å². The first-order chi connectivity index (χ1) is 9.76. The average Bonchev–Trinajstić information content (AvgIpc) is 2.61. The first-order valence-corrected chi connectivity index (χ1v) is 6.72. The zero-order valence-corrected chi connectivity index (χ0v) is 11.5. The van der Waals surface area contributed by atoms with Gasteiger partial charge in [0.2, 0.25) is 0 Å². The number of rotatable bonds is 4. The molecular formula is C12H19F3N2O4. The van der Waals surface area contributed by atoms with Crippen LogP contribution in [0.25, 0.3) is 0 Å². The van der Waals surface area contributed by atoms with E-state index in [1.165, 1.54) is 0 Å². The molecule has 0 bridgehead atoms. The molecule has 0 spiro atoms. The molecule has 21 heavy (non-hydrogen) atoms. The molecule has 6 nitrogen and oxygen atoms in total. The molecule has 1 heterocycles. The van der Waals surface area contributed by atoms with E-state index in [9.17, 15) is 22.8 Å². The predicted molar refractivity (Wildman–Crippen MR) is 66.7 cm³/mol. The van der Waals surface area contributed by atoms with Crippen molar-refractivity contribution in [2.75, 3.05) is 26.2 Å². The molecule has 1 rings (SSSR count). The van der Waals surface area contributed by atoms with E-state index in [4.69, 9.17) is 10.2 Å². The maximum atomic E-state index is 12.5. The Hall–Kier alpha value is -1.51. The third-order valence-corrected chi connectivity index (χ3v) is 3.29. The minimum absolute atomic E-state index is 0.107. The summed E-state index contributed by atoms with van der Waals surface area (Å²) in [4.78, 5) is 24.8. The van der Waals surface area contributed by atoms with Crippen LogP contribution in [0.1, 0.15) is 25.7 Å². The number of likely N-dealkylation sites (tertiary alicyclic amines) is 1. The van der Waals surface area contributed by atoms with Gasteiger partial charge in [0.05, 0.1) is 6.61 Å². The van der Waals surface area contributed by atoms with Crippen LogP contribution < -0.4 is 0 Å². The number of alkyl halides is 3. The standard InChI is InChI=1S/C12H19F3N2O4/c13-12(14,15)8-16(6-7-18)11(21)17-5-3-1-2-4-9(17)10(19)20/h9,18H,1-8H2,(H,19,20). The second-order valence-electron chi connectivity index (χ2n) is 4.94. The number of carboxylic acids is 1. The van der Waals surface area contributed by atoms with Crippen molar-refractivity contribution in [1.82, 2.24) is 9.80 Å². The van der Waals surface area contributed by atoms with E-state index in [-0.39, 0.29) is 13.0 Å². The number of nitrogens with zero attached hydrogens (tertiary/aromatic N) is 2. The van der Waals surface area contributed by atoms with E-state index in [0.29, 0.717) is 17.7 Å². The van der Waals surface area contributed by atoms with E-state index in [2.05, 4.69) is 0 Å². The number of hydrogen-bond donors (Lipinski definition) is 2. The van der Waals surface area contributed by atoms with Crippen molar-refractivity contribution in [2.45, 2.75) is 37.9 Å². The highest BCUT2D eigenvalue weighted by Gasteiger charge is 2.38. The summed E-state index contributed by atoms with van der Waals surface area (Å²) in [5.74, 6) is -1.22. The number of carboxylic acid groups (broad SMARTS) is 1. The molecule has 1 atom stereocenters. The van der Waals surface area contributed by atoms with E-state index in [0.717, 1.165) is 11.3 Å². The van der Waals surface area contributed by atoms with Gasteiger partial charge < -0.3 is 20.0 Å². The molecule has 9 heteroatoms. The molecule has 122 valence electrons. The number of amides is 2. The highest BCUT2D eigenvalue weighted by molar-refractivity contribution is 5.82. The summed E-state index contributed by atoms with van der Waals surface area (Å²) >= 11 is 0. The molecule has 0 aromatic heterocycles. The topological polar surface area (TPSA) is 81.1 Å². The van der Waals surface area contributed by atoms with Crippen LogP contribution >= 0.6 is 0 Å². The number of aliphatic hydroxyl groups excluding tert-OH is 1. The number of halogens is 3. The van der Waals surface area contributed by atoms with E-state index < -0.39 is 43.9 Å². The van der Waals surface area contributed by atoms with Crippen LogP contribution in [0.4, 0.5) is 18.0 Å². The summed E-state index contributed by atoms with van der Waals surface area (Å²) < 4.78 is 37.4. The molecule has 0 aromatic carbocycles. The molecule has 1 unspecified atom stereocenters.